The minimum absolute atomic E-state index is 0. The zero-order valence-electron chi connectivity index (χ0n) is 5.26. The van der Waals surface area contributed by atoms with Gasteiger partial charge in [0.1, 0.15) is 0 Å². The van der Waals surface area contributed by atoms with Crippen LogP contribution < -0.4 is 10.8 Å². The Hall–Kier alpha value is 0.360. The van der Waals surface area contributed by atoms with E-state index in [0.717, 1.165) is 25.9 Å². The average molecular weight is 197 g/mol. The molecule has 0 bridgehead atoms. The fourth-order valence-corrected chi connectivity index (χ4v) is 0.962. The Labute approximate surface area is 65.6 Å². The van der Waals surface area contributed by atoms with Crippen LogP contribution in [0.4, 0.5) is 0 Å². The average Bonchev–Trinajstić information content (AvgIpc) is 1.90. The van der Waals surface area contributed by atoms with Crippen LogP contribution in [0, 0.1) is 0 Å². The molecule has 0 amide bonds. The number of nitrogens with one attached hydrogen (secondary N) is 2. The van der Waals surface area contributed by atoms with Crippen LogP contribution in [0.5, 0.6) is 0 Å². The lowest BCUT2D eigenvalue weighted by atomic mass is 10.1. The molecular weight excluding hydrogens is 184 g/mol. The fraction of sp³-hybridized carbons (Fsp3) is 1.00. The maximum atomic E-state index is 8.40. The molecule has 1 heterocycles. The van der Waals surface area contributed by atoms with Gasteiger partial charge in [-0.05, 0) is 19.4 Å². The van der Waals surface area contributed by atoms with Gasteiger partial charge in [0.25, 0.3) is 0 Å². The normalized spacial score (nSPS) is 27.0. The SMILES string of the molecule is Br.ON[C@@H]1CCCNC1. The summed E-state index contributed by atoms with van der Waals surface area (Å²) < 4.78 is 0. The smallest absolute Gasteiger partial charge is 0.0444 e. The largest absolute Gasteiger partial charge is 0.316 e. The highest BCUT2D eigenvalue weighted by Gasteiger charge is 2.09. The predicted molar refractivity (Wildman–Crippen MR) is 41.1 cm³/mol. The van der Waals surface area contributed by atoms with Crippen molar-refractivity contribution in [2.45, 2.75) is 18.9 Å². The lowest BCUT2D eigenvalue weighted by molar-refractivity contribution is 0.113. The molecule has 4 heteroatoms. The molecule has 1 aliphatic heterocycles. The Kier molecular flexibility index (Phi) is 5.38. The fourth-order valence-electron chi connectivity index (χ4n) is 0.962. The quantitative estimate of drug-likeness (QED) is 0.529. The van der Waals surface area contributed by atoms with Gasteiger partial charge in [-0.3, -0.25) is 0 Å². The first-order chi connectivity index (χ1) is 3.93. The molecule has 0 aromatic carbocycles. The van der Waals surface area contributed by atoms with Gasteiger partial charge in [0.2, 0.25) is 0 Å². The number of hydrogen-bond donors (Lipinski definition) is 3. The van der Waals surface area contributed by atoms with Crippen LogP contribution in [-0.4, -0.2) is 24.3 Å². The maximum Gasteiger partial charge on any atom is 0.0444 e. The second-order valence-corrected chi connectivity index (χ2v) is 2.17. The van der Waals surface area contributed by atoms with Crippen molar-refractivity contribution in [1.82, 2.24) is 10.8 Å². The molecule has 1 aliphatic rings. The van der Waals surface area contributed by atoms with Gasteiger partial charge < -0.3 is 10.5 Å². The van der Waals surface area contributed by atoms with E-state index < -0.39 is 0 Å². The van der Waals surface area contributed by atoms with Crippen LogP contribution in [0.1, 0.15) is 12.8 Å². The van der Waals surface area contributed by atoms with E-state index in [4.69, 9.17) is 5.21 Å². The zero-order chi connectivity index (χ0) is 5.82. The molecule has 0 aromatic rings. The predicted octanol–water partition coefficient (Wildman–Crippen LogP) is 0.295. The maximum absolute atomic E-state index is 8.40. The van der Waals surface area contributed by atoms with Gasteiger partial charge in [-0.15, -0.1) is 17.0 Å². The number of hydroxylamine groups is 1. The second kappa shape index (κ2) is 5.17. The van der Waals surface area contributed by atoms with Crippen LogP contribution in [0.25, 0.3) is 0 Å². The number of halogens is 1. The van der Waals surface area contributed by atoms with Gasteiger partial charge in [0, 0.05) is 12.6 Å². The summed E-state index contributed by atoms with van der Waals surface area (Å²) in [7, 11) is 0. The topological polar surface area (TPSA) is 44.3 Å². The minimum Gasteiger partial charge on any atom is -0.316 e. The summed E-state index contributed by atoms with van der Waals surface area (Å²) in [4.78, 5) is 0. The van der Waals surface area contributed by atoms with E-state index in [1.807, 2.05) is 0 Å². The molecule has 1 fully saturated rings. The summed E-state index contributed by atoms with van der Waals surface area (Å²) >= 11 is 0. The van der Waals surface area contributed by atoms with Crippen molar-refractivity contribution in [1.29, 1.82) is 0 Å². The summed E-state index contributed by atoms with van der Waals surface area (Å²) in [6.07, 6.45) is 2.25. The Bertz CT molecular complexity index is 66.0. The van der Waals surface area contributed by atoms with E-state index in [-0.39, 0.29) is 23.0 Å². The summed E-state index contributed by atoms with van der Waals surface area (Å²) in [6, 6.07) is 0.281. The van der Waals surface area contributed by atoms with Crippen molar-refractivity contribution in [2.75, 3.05) is 13.1 Å². The van der Waals surface area contributed by atoms with Crippen LogP contribution in [0.2, 0.25) is 0 Å². The molecule has 1 saturated heterocycles. The van der Waals surface area contributed by atoms with E-state index in [9.17, 15) is 0 Å². The summed E-state index contributed by atoms with van der Waals surface area (Å²) in [6.45, 7) is 1.99. The Balaban J connectivity index is 0.000000640. The highest BCUT2D eigenvalue weighted by Crippen LogP contribution is 1.98. The second-order valence-electron chi connectivity index (χ2n) is 2.17. The Morgan fingerprint density at radius 3 is 2.67 bits per heavy atom. The van der Waals surface area contributed by atoms with E-state index in [1.165, 1.54) is 0 Å². The third-order valence-electron chi connectivity index (χ3n) is 1.48. The van der Waals surface area contributed by atoms with E-state index in [1.54, 1.807) is 0 Å². The van der Waals surface area contributed by atoms with Gasteiger partial charge >= 0.3 is 0 Å². The van der Waals surface area contributed by atoms with Crippen molar-refractivity contribution >= 4 is 17.0 Å². The lowest BCUT2D eigenvalue weighted by Crippen LogP contribution is -2.41. The molecule has 1 rings (SSSR count). The van der Waals surface area contributed by atoms with Gasteiger partial charge in [0.15, 0.2) is 0 Å². The van der Waals surface area contributed by atoms with Gasteiger partial charge in [0.05, 0.1) is 0 Å². The Morgan fingerprint density at radius 1 is 1.56 bits per heavy atom. The van der Waals surface area contributed by atoms with Crippen LogP contribution >= 0.6 is 17.0 Å². The molecule has 3 nitrogen and oxygen atoms in total. The first-order valence-electron chi connectivity index (χ1n) is 3.04. The number of rotatable bonds is 1. The zero-order valence-corrected chi connectivity index (χ0v) is 6.97. The summed E-state index contributed by atoms with van der Waals surface area (Å²) in [5.41, 5.74) is 2.24. The lowest BCUT2D eigenvalue weighted by Gasteiger charge is -2.20. The first kappa shape index (κ1) is 9.36. The van der Waals surface area contributed by atoms with E-state index in [0.29, 0.717) is 0 Å². The molecular formula is C5H13BrN2O. The molecule has 0 unspecified atom stereocenters. The standard InChI is InChI=1S/C5H12N2O.BrH/c8-7-5-2-1-3-6-4-5;/h5-8H,1-4H2;1H/t5-;/m1./s1. The summed E-state index contributed by atoms with van der Waals surface area (Å²) in [5, 5.41) is 11.6. The van der Waals surface area contributed by atoms with Crippen LogP contribution in [-0.2, 0) is 0 Å². The summed E-state index contributed by atoms with van der Waals surface area (Å²) in [5.74, 6) is 0. The molecule has 56 valence electrons. The van der Waals surface area contributed by atoms with Crippen molar-refractivity contribution in [2.24, 2.45) is 0 Å². The van der Waals surface area contributed by atoms with Crippen molar-refractivity contribution in [3.8, 4) is 0 Å². The van der Waals surface area contributed by atoms with Crippen molar-refractivity contribution < 1.29 is 5.21 Å². The van der Waals surface area contributed by atoms with E-state index >= 15 is 0 Å². The minimum atomic E-state index is 0. The monoisotopic (exact) mass is 196 g/mol. The van der Waals surface area contributed by atoms with Gasteiger partial charge in [-0.1, -0.05) is 0 Å². The van der Waals surface area contributed by atoms with Crippen LogP contribution in [0.3, 0.4) is 0 Å². The molecule has 0 aromatic heterocycles. The highest BCUT2D eigenvalue weighted by molar-refractivity contribution is 8.93. The highest BCUT2D eigenvalue weighted by atomic mass is 79.9. The molecule has 1 atom stereocenters. The molecule has 9 heavy (non-hydrogen) atoms. The Morgan fingerprint density at radius 2 is 2.33 bits per heavy atom. The number of hydrogen-bond acceptors (Lipinski definition) is 3. The third kappa shape index (κ3) is 3.15. The molecule has 0 radical (unpaired) electrons. The first-order valence-corrected chi connectivity index (χ1v) is 3.04. The van der Waals surface area contributed by atoms with E-state index in [2.05, 4.69) is 10.8 Å². The molecule has 0 spiro atoms. The van der Waals surface area contributed by atoms with Crippen molar-refractivity contribution in [3.63, 3.8) is 0 Å². The molecule has 0 saturated carbocycles. The van der Waals surface area contributed by atoms with Gasteiger partial charge in [-0.25, -0.2) is 5.48 Å². The van der Waals surface area contributed by atoms with Gasteiger partial charge in [-0.2, -0.15) is 0 Å². The van der Waals surface area contributed by atoms with Crippen molar-refractivity contribution in [3.05, 3.63) is 0 Å². The molecule has 3 N–H and O–H groups in total. The third-order valence-corrected chi connectivity index (χ3v) is 1.48. The molecule has 0 aliphatic carbocycles. The number of piperidine rings is 1. The van der Waals surface area contributed by atoms with Crippen LogP contribution in [0.15, 0.2) is 0 Å².